The van der Waals surface area contributed by atoms with Crippen molar-refractivity contribution in [3.63, 3.8) is 0 Å². The molecule has 1 N–H and O–H groups in total. The molecule has 0 bridgehead atoms. The fourth-order valence-electron chi connectivity index (χ4n) is 2.88. The third-order valence-corrected chi connectivity index (χ3v) is 5.15. The van der Waals surface area contributed by atoms with E-state index in [9.17, 15) is 4.79 Å². The Balaban J connectivity index is 1.71. The molecule has 0 aliphatic rings. The molecular weight excluding hydrogens is 344 g/mol. The van der Waals surface area contributed by atoms with Crippen LogP contribution in [-0.4, -0.2) is 26.4 Å². The largest absolute Gasteiger partial charge is 0.325 e. The van der Waals surface area contributed by atoms with Gasteiger partial charge in [-0.25, -0.2) is 0 Å². The van der Waals surface area contributed by atoms with Gasteiger partial charge < -0.3 is 5.32 Å². The molecule has 0 saturated carbocycles. The van der Waals surface area contributed by atoms with Gasteiger partial charge in [0.15, 0.2) is 5.16 Å². The monoisotopic (exact) mass is 366 g/mol. The second kappa shape index (κ2) is 7.74. The Labute approximate surface area is 157 Å². The maximum Gasteiger partial charge on any atom is 0.234 e. The number of thioether (sulfide) groups is 1. The van der Waals surface area contributed by atoms with Gasteiger partial charge >= 0.3 is 0 Å². The molecular formula is C20H22N4OS. The number of para-hydroxylation sites is 1. The lowest BCUT2D eigenvalue weighted by Crippen LogP contribution is -2.16. The SMILES string of the molecule is Cc1ccc(-n2cnnc2SCC(=O)Nc2c(C)cccc2C)c(C)c1. The van der Waals surface area contributed by atoms with Crippen LogP contribution in [0.25, 0.3) is 5.69 Å². The van der Waals surface area contributed by atoms with Crippen LogP contribution >= 0.6 is 11.8 Å². The van der Waals surface area contributed by atoms with Crippen molar-refractivity contribution in [1.82, 2.24) is 14.8 Å². The van der Waals surface area contributed by atoms with Crippen LogP contribution in [0.3, 0.4) is 0 Å². The van der Waals surface area contributed by atoms with Crippen molar-refractivity contribution in [3.05, 3.63) is 65.0 Å². The molecule has 3 aromatic rings. The molecule has 6 heteroatoms. The van der Waals surface area contributed by atoms with Gasteiger partial charge in [-0.2, -0.15) is 0 Å². The zero-order valence-electron chi connectivity index (χ0n) is 15.4. The van der Waals surface area contributed by atoms with E-state index in [2.05, 4.69) is 47.6 Å². The zero-order valence-corrected chi connectivity index (χ0v) is 16.2. The van der Waals surface area contributed by atoms with Crippen LogP contribution in [0.2, 0.25) is 0 Å². The van der Waals surface area contributed by atoms with Crippen molar-refractivity contribution < 1.29 is 4.79 Å². The molecule has 0 radical (unpaired) electrons. The van der Waals surface area contributed by atoms with E-state index in [1.807, 2.05) is 36.6 Å². The first-order chi connectivity index (χ1) is 12.5. The molecule has 1 aromatic heterocycles. The summed E-state index contributed by atoms with van der Waals surface area (Å²) in [6, 6.07) is 12.2. The number of amides is 1. The summed E-state index contributed by atoms with van der Waals surface area (Å²) in [4.78, 5) is 12.4. The predicted molar refractivity (Wildman–Crippen MR) is 106 cm³/mol. The van der Waals surface area contributed by atoms with Gasteiger partial charge in [0.2, 0.25) is 5.91 Å². The average Bonchev–Trinajstić information content (AvgIpc) is 3.05. The van der Waals surface area contributed by atoms with E-state index < -0.39 is 0 Å². The lowest BCUT2D eigenvalue weighted by molar-refractivity contribution is -0.113. The summed E-state index contributed by atoms with van der Waals surface area (Å²) in [7, 11) is 0. The Bertz CT molecular complexity index is 928. The second-order valence-corrected chi connectivity index (χ2v) is 7.32. The fourth-order valence-corrected chi connectivity index (χ4v) is 3.60. The Kier molecular flexibility index (Phi) is 5.42. The lowest BCUT2D eigenvalue weighted by atomic mass is 10.1. The molecule has 0 atom stereocenters. The van der Waals surface area contributed by atoms with Gasteiger partial charge in [0, 0.05) is 5.69 Å². The molecule has 0 fully saturated rings. The molecule has 134 valence electrons. The highest BCUT2D eigenvalue weighted by molar-refractivity contribution is 7.99. The highest BCUT2D eigenvalue weighted by atomic mass is 32.2. The molecule has 0 unspecified atom stereocenters. The summed E-state index contributed by atoms with van der Waals surface area (Å²) in [6.45, 7) is 8.11. The Morgan fingerprint density at radius 2 is 1.81 bits per heavy atom. The summed E-state index contributed by atoms with van der Waals surface area (Å²) in [6.07, 6.45) is 1.68. The Hall–Kier alpha value is -2.60. The predicted octanol–water partition coefficient (Wildman–Crippen LogP) is 4.23. The van der Waals surface area contributed by atoms with Crippen LogP contribution in [0.1, 0.15) is 22.3 Å². The van der Waals surface area contributed by atoms with E-state index in [4.69, 9.17) is 0 Å². The first-order valence-corrected chi connectivity index (χ1v) is 9.41. The number of nitrogens with one attached hydrogen (secondary N) is 1. The highest BCUT2D eigenvalue weighted by Gasteiger charge is 2.13. The third kappa shape index (κ3) is 3.96. The Morgan fingerprint density at radius 1 is 1.08 bits per heavy atom. The number of carbonyl (C=O) groups excluding carboxylic acids is 1. The van der Waals surface area contributed by atoms with Crippen LogP contribution in [0.15, 0.2) is 47.9 Å². The molecule has 1 amide bonds. The quantitative estimate of drug-likeness (QED) is 0.687. The van der Waals surface area contributed by atoms with Crippen LogP contribution in [0, 0.1) is 27.7 Å². The van der Waals surface area contributed by atoms with Crippen molar-refractivity contribution in [1.29, 1.82) is 0 Å². The molecule has 0 aliphatic heterocycles. The van der Waals surface area contributed by atoms with Gasteiger partial charge in [-0.05, 0) is 50.5 Å². The van der Waals surface area contributed by atoms with Gasteiger partial charge in [0.25, 0.3) is 0 Å². The summed E-state index contributed by atoms with van der Waals surface area (Å²) < 4.78 is 1.92. The fraction of sp³-hybridized carbons (Fsp3) is 0.250. The summed E-state index contributed by atoms with van der Waals surface area (Å²) in [5.74, 6) is 0.222. The average molecular weight is 366 g/mol. The van der Waals surface area contributed by atoms with E-state index in [1.54, 1.807) is 6.33 Å². The molecule has 2 aromatic carbocycles. The van der Waals surface area contributed by atoms with E-state index in [0.717, 1.165) is 28.1 Å². The van der Waals surface area contributed by atoms with Crippen molar-refractivity contribution >= 4 is 23.4 Å². The normalized spacial score (nSPS) is 10.8. The molecule has 0 saturated heterocycles. The molecule has 26 heavy (non-hydrogen) atoms. The standard InChI is InChI=1S/C20H22N4OS/c1-13-8-9-17(16(4)10-13)24-12-21-23-20(24)26-11-18(25)22-19-14(2)6-5-7-15(19)3/h5-10,12H,11H2,1-4H3,(H,22,25). The number of carbonyl (C=O) groups is 1. The minimum atomic E-state index is -0.0532. The number of hydrogen-bond acceptors (Lipinski definition) is 4. The van der Waals surface area contributed by atoms with Gasteiger partial charge in [-0.3, -0.25) is 9.36 Å². The van der Waals surface area contributed by atoms with Crippen molar-refractivity contribution in [2.75, 3.05) is 11.1 Å². The van der Waals surface area contributed by atoms with E-state index in [0.29, 0.717) is 5.16 Å². The number of aryl methyl sites for hydroxylation is 4. The highest BCUT2D eigenvalue weighted by Crippen LogP contribution is 2.24. The number of aromatic nitrogens is 3. The number of nitrogens with zero attached hydrogens (tertiary/aromatic N) is 3. The minimum Gasteiger partial charge on any atom is -0.325 e. The molecule has 3 rings (SSSR count). The van der Waals surface area contributed by atoms with Gasteiger partial charge in [-0.1, -0.05) is 47.7 Å². The maximum atomic E-state index is 12.4. The number of benzene rings is 2. The van der Waals surface area contributed by atoms with Crippen molar-refractivity contribution in [2.24, 2.45) is 0 Å². The number of hydrogen-bond donors (Lipinski definition) is 1. The van der Waals surface area contributed by atoms with Crippen molar-refractivity contribution in [2.45, 2.75) is 32.9 Å². The Morgan fingerprint density at radius 3 is 2.50 bits per heavy atom. The third-order valence-electron chi connectivity index (χ3n) is 4.21. The molecule has 5 nitrogen and oxygen atoms in total. The number of rotatable bonds is 5. The maximum absolute atomic E-state index is 12.4. The van der Waals surface area contributed by atoms with Crippen LogP contribution in [0.5, 0.6) is 0 Å². The van der Waals surface area contributed by atoms with E-state index in [-0.39, 0.29) is 11.7 Å². The number of anilines is 1. The summed E-state index contributed by atoms with van der Waals surface area (Å²) >= 11 is 1.38. The van der Waals surface area contributed by atoms with Crippen LogP contribution < -0.4 is 5.32 Å². The van der Waals surface area contributed by atoms with Gasteiger partial charge in [-0.15, -0.1) is 10.2 Å². The smallest absolute Gasteiger partial charge is 0.234 e. The van der Waals surface area contributed by atoms with Crippen LogP contribution in [0.4, 0.5) is 5.69 Å². The topological polar surface area (TPSA) is 59.8 Å². The van der Waals surface area contributed by atoms with E-state index in [1.165, 1.54) is 17.3 Å². The van der Waals surface area contributed by atoms with Crippen LogP contribution in [-0.2, 0) is 4.79 Å². The lowest BCUT2D eigenvalue weighted by Gasteiger charge is -2.12. The van der Waals surface area contributed by atoms with Gasteiger partial charge in [0.1, 0.15) is 6.33 Å². The molecule has 0 aliphatic carbocycles. The first kappa shape index (κ1) is 18.2. The summed E-state index contributed by atoms with van der Waals surface area (Å²) in [5.41, 5.74) is 6.38. The second-order valence-electron chi connectivity index (χ2n) is 6.38. The zero-order chi connectivity index (χ0) is 18.7. The molecule has 1 heterocycles. The van der Waals surface area contributed by atoms with Gasteiger partial charge in [0.05, 0.1) is 11.4 Å². The van der Waals surface area contributed by atoms with E-state index >= 15 is 0 Å². The first-order valence-electron chi connectivity index (χ1n) is 8.42. The minimum absolute atomic E-state index is 0.0532. The molecule has 0 spiro atoms. The van der Waals surface area contributed by atoms with Crippen molar-refractivity contribution in [3.8, 4) is 5.69 Å². The summed E-state index contributed by atoms with van der Waals surface area (Å²) in [5, 5.41) is 11.9.